The number of carbonyl (C=O) groups is 2. The quantitative estimate of drug-likeness (QED) is 0.394. The maximum absolute atomic E-state index is 10.7. The number of halogens is 1. The minimum absolute atomic E-state index is 0.234. The number of rotatable bonds is 2. The molecule has 2 atom stereocenters. The molecule has 5 nitrogen and oxygen atoms in total. The zero-order chi connectivity index (χ0) is 19.6. The molecule has 1 heterocycles. The zero-order valence-electron chi connectivity index (χ0n) is 14.8. The molecule has 2 saturated carbocycles. The average molecular weight is 415 g/mol. The van der Waals surface area contributed by atoms with Gasteiger partial charge in [0.2, 0.25) is 0 Å². The van der Waals surface area contributed by atoms with Crippen LogP contribution in [0.1, 0.15) is 20.3 Å². The summed E-state index contributed by atoms with van der Waals surface area (Å²) < 4.78 is 14.9. The van der Waals surface area contributed by atoms with E-state index in [1.807, 2.05) is 64.2 Å². The van der Waals surface area contributed by atoms with E-state index in [1.165, 1.54) is 33.2 Å². The number of hydrogen-bond acceptors (Lipinski definition) is 5. The van der Waals surface area contributed by atoms with Crippen LogP contribution in [0.3, 0.4) is 0 Å². The number of hydrogen-bond donors (Lipinski definition) is 0. The van der Waals surface area contributed by atoms with Crippen LogP contribution >= 0.6 is 9.30 Å². The van der Waals surface area contributed by atoms with Crippen LogP contribution in [-0.2, 0) is 43.2 Å². The van der Waals surface area contributed by atoms with Gasteiger partial charge in [0.1, 0.15) is 6.10 Å². The van der Waals surface area contributed by atoms with E-state index >= 15 is 0 Å². The molecule has 2 aliphatic carbocycles. The van der Waals surface area contributed by atoms with Crippen LogP contribution in [0.25, 0.3) is 0 Å². The van der Waals surface area contributed by atoms with Crippen molar-refractivity contribution in [3.63, 3.8) is 0 Å². The Morgan fingerprint density at radius 3 is 1.54 bits per heavy atom. The predicted octanol–water partition coefficient (Wildman–Crippen LogP) is 3.16. The molecule has 10 radical (unpaired) electrons. The molecule has 3 rings (SSSR count). The molecule has 0 bridgehead atoms. The predicted molar refractivity (Wildman–Crippen MR) is 94.8 cm³/mol. The maximum atomic E-state index is 10.7. The van der Waals surface area contributed by atoms with Crippen LogP contribution in [-0.4, -0.2) is 30.8 Å². The van der Waals surface area contributed by atoms with Gasteiger partial charge in [-0.3, -0.25) is 9.59 Å². The fraction of sp³-hybridized carbons (Fsp3) is 0.316. The molecule has 7 heteroatoms. The summed E-state index contributed by atoms with van der Waals surface area (Å²) >= 11 is 1.47. The molecule has 1 aliphatic heterocycles. The third-order valence-electron chi connectivity index (χ3n) is 2.87. The van der Waals surface area contributed by atoms with E-state index in [0.717, 1.165) is 0 Å². The minimum atomic E-state index is -0.499. The molecule has 0 spiro atoms. The fourth-order valence-electron chi connectivity index (χ4n) is 1.89. The average Bonchev–Trinajstić information content (AvgIpc) is 3.36. The Morgan fingerprint density at radius 1 is 0.846 bits per heavy atom. The van der Waals surface area contributed by atoms with Gasteiger partial charge in [-0.1, -0.05) is 0 Å². The molecule has 3 aliphatic rings. The van der Waals surface area contributed by atoms with Crippen LogP contribution in [0.4, 0.5) is 0 Å². The molecule has 0 aromatic carbocycles. The number of esters is 2. The number of carbonyl (C=O) groups excluding carboxylic acids is 2. The van der Waals surface area contributed by atoms with Crippen LogP contribution in [0, 0.1) is 70.8 Å². The Balaban J connectivity index is 0.000000421. The van der Waals surface area contributed by atoms with E-state index < -0.39 is 18.2 Å². The first-order valence-electron chi connectivity index (χ1n) is 7.89. The van der Waals surface area contributed by atoms with Gasteiger partial charge < -0.3 is 14.2 Å². The summed E-state index contributed by atoms with van der Waals surface area (Å²) in [5.41, 5.74) is 0. The van der Waals surface area contributed by atoms with Crippen LogP contribution in [0.5, 0.6) is 0 Å². The van der Waals surface area contributed by atoms with E-state index in [-0.39, 0.29) is 12.6 Å². The Morgan fingerprint density at radius 2 is 1.19 bits per heavy atom. The second kappa shape index (κ2) is 18.3. The van der Waals surface area contributed by atoms with Gasteiger partial charge in [-0.25, -0.2) is 6.61 Å². The SMILES string of the molecule is CC(=O)O[C@H]1C[CH-]OC[C@H]1OC(C)=O.[CH]1[CH][CH][CH][CH]1.[CH]1[CH][CH][CH][CH]1.[Cl][Ti+3]. The third kappa shape index (κ3) is 15.0. The van der Waals surface area contributed by atoms with Crippen molar-refractivity contribution in [2.45, 2.75) is 32.5 Å². The van der Waals surface area contributed by atoms with Crippen molar-refractivity contribution in [2.75, 3.05) is 6.61 Å². The molecule has 0 unspecified atom stereocenters. The van der Waals surface area contributed by atoms with Crippen molar-refractivity contribution in [1.29, 1.82) is 0 Å². The molecule has 3 fully saturated rings. The van der Waals surface area contributed by atoms with Crippen molar-refractivity contribution in [2.24, 2.45) is 0 Å². The van der Waals surface area contributed by atoms with Crippen LogP contribution in [0.15, 0.2) is 0 Å². The molecular weight excluding hydrogens is 392 g/mol. The van der Waals surface area contributed by atoms with Gasteiger partial charge in [-0.2, -0.15) is 0 Å². The standard InChI is InChI=1S/C9H13O5.2C5H5.ClH.Ti/c1-6(10)13-8-3-4-12-5-9(8)14-7(2)11;2*1-2-4-5-3-1;;/h4,8-9H,3,5H2,1-2H3;2*1-5H;1H;/q-1;;;;+4/p-1/t8-,9+;;;;/m0..../s1. The Bertz CT molecular complexity index is 311. The van der Waals surface area contributed by atoms with Crippen LogP contribution in [0.2, 0.25) is 0 Å². The first-order chi connectivity index (χ1) is 12.6. The molecule has 0 aromatic rings. The van der Waals surface area contributed by atoms with Gasteiger partial charge in [0, 0.05) is 13.8 Å². The summed E-state index contributed by atoms with van der Waals surface area (Å²) in [6.45, 7) is 4.41. The fourth-order valence-corrected chi connectivity index (χ4v) is 1.89. The summed E-state index contributed by atoms with van der Waals surface area (Å²) in [6.07, 6.45) is 19.5. The van der Waals surface area contributed by atoms with Crippen molar-refractivity contribution >= 4 is 21.2 Å². The topological polar surface area (TPSA) is 61.8 Å². The monoisotopic (exact) mass is 414 g/mol. The summed E-state index contributed by atoms with van der Waals surface area (Å²) in [4.78, 5) is 21.4. The van der Waals surface area contributed by atoms with E-state index in [4.69, 9.17) is 14.2 Å². The number of ether oxygens (including phenoxy) is 3. The van der Waals surface area contributed by atoms with E-state index in [9.17, 15) is 9.59 Å². The van der Waals surface area contributed by atoms with Gasteiger partial charge in [-0.05, 0) is 64.2 Å². The van der Waals surface area contributed by atoms with Gasteiger partial charge in [0.15, 0.2) is 6.10 Å². The molecular formula is C19H23ClO5Ti+2. The van der Waals surface area contributed by atoms with E-state index in [0.29, 0.717) is 6.42 Å². The van der Waals surface area contributed by atoms with Gasteiger partial charge in [-0.15, -0.1) is 6.42 Å². The molecule has 138 valence electrons. The molecule has 0 N–H and O–H groups in total. The second-order valence-electron chi connectivity index (χ2n) is 4.96. The third-order valence-corrected chi connectivity index (χ3v) is 2.87. The normalized spacial score (nSPS) is 23.9. The van der Waals surface area contributed by atoms with Crippen molar-refractivity contribution < 1.29 is 43.2 Å². The Kier molecular flexibility index (Phi) is 18.2. The first-order valence-corrected chi connectivity index (χ1v) is 10.0. The molecule has 26 heavy (non-hydrogen) atoms. The summed E-state index contributed by atoms with van der Waals surface area (Å²) in [5, 5.41) is 0. The van der Waals surface area contributed by atoms with Crippen molar-refractivity contribution in [3.8, 4) is 0 Å². The molecule has 1 saturated heterocycles. The van der Waals surface area contributed by atoms with E-state index in [1.54, 1.807) is 6.61 Å². The van der Waals surface area contributed by atoms with Crippen molar-refractivity contribution in [1.82, 2.24) is 0 Å². The van der Waals surface area contributed by atoms with Gasteiger partial charge in [0.05, 0.1) is 6.61 Å². The summed E-state index contributed by atoms with van der Waals surface area (Å²) in [6, 6.07) is 0. The Labute approximate surface area is 174 Å². The zero-order valence-corrected chi connectivity index (χ0v) is 17.2. The van der Waals surface area contributed by atoms with Crippen LogP contribution < -0.4 is 0 Å². The second-order valence-corrected chi connectivity index (χ2v) is 4.96. The molecule has 0 amide bonds. The van der Waals surface area contributed by atoms with Gasteiger partial charge in [0.25, 0.3) is 0 Å². The van der Waals surface area contributed by atoms with E-state index in [2.05, 4.69) is 9.30 Å². The Hall–Kier alpha value is -0.0957. The van der Waals surface area contributed by atoms with Gasteiger partial charge >= 0.3 is 40.6 Å². The molecule has 0 aromatic heterocycles. The summed E-state index contributed by atoms with van der Waals surface area (Å²) in [7, 11) is 4.64. The van der Waals surface area contributed by atoms with Crippen molar-refractivity contribution in [3.05, 3.63) is 70.8 Å². The first kappa shape index (κ1) is 25.9. The summed E-state index contributed by atoms with van der Waals surface area (Å²) in [5.74, 6) is -0.792.